The highest BCUT2D eigenvalue weighted by Crippen LogP contribution is 2.41. The molecule has 4 aromatic rings. The molecule has 1 saturated heterocycles. The molecule has 0 aliphatic carbocycles. The van der Waals surface area contributed by atoms with Gasteiger partial charge in [0.2, 0.25) is 0 Å². The first-order valence-electron chi connectivity index (χ1n) is 17.2. The lowest BCUT2D eigenvalue weighted by Gasteiger charge is -2.43. The van der Waals surface area contributed by atoms with E-state index in [9.17, 15) is 5.26 Å². The van der Waals surface area contributed by atoms with Crippen LogP contribution in [0.15, 0.2) is 108 Å². The number of benzene rings is 4. The lowest BCUT2D eigenvalue weighted by Crippen LogP contribution is -2.42. The molecule has 4 aromatic carbocycles. The Kier molecular flexibility index (Phi) is 14.9. The zero-order valence-electron chi connectivity index (χ0n) is 30.0. The molecule has 1 heterocycles. The fourth-order valence-electron chi connectivity index (χ4n) is 6.47. The first-order valence-corrected chi connectivity index (χ1v) is 18.8. The van der Waals surface area contributed by atoms with Crippen molar-refractivity contribution in [2.24, 2.45) is 0 Å². The van der Waals surface area contributed by atoms with Crippen LogP contribution in [-0.2, 0) is 12.0 Å². The maximum atomic E-state index is 9.26. The first kappa shape index (κ1) is 37.7. The lowest BCUT2D eigenvalue weighted by atomic mass is 9.69. The number of nitrogens with zero attached hydrogens (tertiary/aromatic N) is 2. The van der Waals surface area contributed by atoms with Crippen LogP contribution in [-0.4, -0.2) is 29.6 Å². The smallest absolute Gasteiger partial charge is 0.0991 e. The second-order valence-electron chi connectivity index (χ2n) is 12.9. The number of rotatable bonds is 9. The monoisotopic (exact) mass is 644 g/mol. The molecule has 3 heteroatoms. The van der Waals surface area contributed by atoms with Crippen LogP contribution < -0.4 is 0 Å². The van der Waals surface area contributed by atoms with Gasteiger partial charge in [-0.05, 0) is 124 Å². The summed E-state index contributed by atoms with van der Waals surface area (Å²) in [5, 5.41) is 9.26. The summed E-state index contributed by atoms with van der Waals surface area (Å²) in [4.78, 5) is 3.97. The molecular weight excluding hydrogens is 589 g/mol. The van der Waals surface area contributed by atoms with E-state index in [1.54, 1.807) is 0 Å². The van der Waals surface area contributed by atoms with E-state index < -0.39 is 0 Å². The number of likely N-dealkylation sites (tertiary alicyclic amines) is 1. The van der Waals surface area contributed by atoms with Crippen LogP contribution in [0.4, 0.5) is 0 Å². The van der Waals surface area contributed by atoms with Gasteiger partial charge in [0.25, 0.3) is 0 Å². The van der Waals surface area contributed by atoms with E-state index >= 15 is 0 Å². The summed E-state index contributed by atoms with van der Waals surface area (Å²) < 4.78 is 0. The first-order chi connectivity index (χ1) is 22.6. The Morgan fingerprint density at radius 2 is 1.40 bits per heavy atom. The van der Waals surface area contributed by atoms with E-state index in [2.05, 4.69) is 131 Å². The number of nitriles is 1. The summed E-state index contributed by atoms with van der Waals surface area (Å²) in [6.07, 6.45) is 4.55. The van der Waals surface area contributed by atoms with E-state index in [1.165, 1.54) is 56.7 Å². The van der Waals surface area contributed by atoms with E-state index in [-0.39, 0.29) is 15.9 Å². The van der Waals surface area contributed by atoms with Gasteiger partial charge >= 0.3 is 0 Å². The molecule has 1 unspecified atom stereocenters. The van der Waals surface area contributed by atoms with Crippen molar-refractivity contribution in [3.05, 3.63) is 137 Å². The molecular formula is C44H56N2S. The summed E-state index contributed by atoms with van der Waals surface area (Å²) in [6.45, 7) is 22.2. The molecule has 47 heavy (non-hydrogen) atoms. The fraction of sp³-hybridized carbons (Fsp3) is 0.364. The fourth-order valence-corrected chi connectivity index (χ4v) is 7.33. The highest BCUT2D eigenvalue weighted by molar-refractivity contribution is 8.14. The van der Waals surface area contributed by atoms with Crippen molar-refractivity contribution in [3.8, 4) is 17.2 Å². The van der Waals surface area contributed by atoms with Crippen molar-refractivity contribution in [2.75, 3.05) is 18.8 Å². The Morgan fingerprint density at radius 1 is 0.830 bits per heavy atom. The van der Waals surface area contributed by atoms with Gasteiger partial charge in [0.15, 0.2) is 0 Å². The summed E-state index contributed by atoms with van der Waals surface area (Å²) in [5.41, 5.74) is 11.3. The summed E-state index contributed by atoms with van der Waals surface area (Å²) in [6, 6.07) is 34.9. The standard InChI is InChI=1S/C33H38N2S.C9H12.C2H6/c1-5-36(4)32-15-9-27(10-16-32)25-35-21-19-33(20-22-35,18-17-26(2)3)31-13-11-29(12-14-31)30-8-6-7-28(23-30)24-34;1-7-4-8(2)6-9(3)5-7;1-2/h6-16,23H,2,4-5,17-22,25H2,1,3H3;4-6H,1-3H3;1-2H3. The quantitative estimate of drug-likeness (QED) is 0.134. The number of hydrogen-bond donors (Lipinski definition) is 0. The Morgan fingerprint density at radius 3 is 1.91 bits per heavy atom. The average molecular weight is 645 g/mol. The van der Waals surface area contributed by atoms with Crippen LogP contribution in [0, 0.1) is 32.1 Å². The minimum Gasteiger partial charge on any atom is -0.299 e. The molecule has 2 nitrogen and oxygen atoms in total. The Balaban J connectivity index is 0.000000466. The molecule has 0 radical (unpaired) electrons. The molecule has 1 atom stereocenters. The SMILES string of the molecule is C=C(C)CCC1(c2ccc(-c3cccc(C#N)c3)cc2)CCN(Cc2ccc(S(=C)CC)cc2)CC1.CC.Cc1cc(C)cc(C)c1. The summed E-state index contributed by atoms with van der Waals surface area (Å²) >= 11 is 0. The van der Waals surface area contributed by atoms with Crippen molar-refractivity contribution in [1.82, 2.24) is 4.90 Å². The topological polar surface area (TPSA) is 27.0 Å². The third-order valence-electron chi connectivity index (χ3n) is 9.04. The van der Waals surface area contributed by atoms with Crippen LogP contribution in [0.3, 0.4) is 0 Å². The highest BCUT2D eigenvalue weighted by Gasteiger charge is 2.35. The maximum Gasteiger partial charge on any atom is 0.0991 e. The molecule has 5 rings (SSSR count). The predicted octanol–water partition coefficient (Wildman–Crippen LogP) is 11.8. The molecule has 0 amide bonds. The zero-order chi connectivity index (χ0) is 34.4. The molecule has 1 aliphatic rings. The minimum absolute atomic E-state index is 0.106. The summed E-state index contributed by atoms with van der Waals surface area (Å²) in [5.74, 6) is 5.38. The normalized spacial score (nSPS) is 14.4. The molecule has 248 valence electrons. The number of hydrogen-bond acceptors (Lipinski definition) is 2. The second-order valence-corrected chi connectivity index (χ2v) is 14.9. The van der Waals surface area contributed by atoms with Crippen molar-refractivity contribution in [1.29, 1.82) is 5.26 Å². The van der Waals surface area contributed by atoms with Gasteiger partial charge in [-0.1, -0.05) is 116 Å². The van der Waals surface area contributed by atoms with Crippen molar-refractivity contribution >= 4 is 16.4 Å². The molecule has 1 aliphatic heterocycles. The highest BCUT2D eigenvalue weighted by atomic mass is 32.2. The van der Waals surface area contributed by atoms with Gasteiger partial charge in [-0.3, -0.25) is 4.90 Å². The van der Waals surface area contributed by atoms with Crippen molar-refractivity contribution in [3.63, 3.8) is 0 Å². The third kappa shape index (κ3) is 11.2. The number of piperidine rings is 1. The number of aryl methyl sites for hydroxylation is 3. The van der Waals surface area contributed by atoms with Gasteiger partial charge in [0, 0.05) is 11.4 Å². The van der Waals surface area contributed by atoms with E-state index in [0.717, 1.165) is 43.8 Å². The maximum absolute atomic E-state index is 9.26. The molecule has 0 saturated carbocycles. The largest absolute Gasteiger partial charge is 0.299 e. The second kappa shape index (κ2) is 18.6. The lowest BCUT2D eigenvalue weighted by molar-refractivity contribution is 0.145. The van der Waals surface area contributed by atoms with Crippen LogP contribution in [0.25, 0.3) is 11.1 Å². The van der Waals surface area contributed by atoms with E-state index in [1.807, 2.05) is 32.0 Å². The van der Waals surface area contributed by atoms with Crippen LogP contribution in [0.2, 0.25) is 0 Å². The molecule has 0 bridgehead atoms. The van der Waals surface area contributed by atoms with Gasteiger partial charge < -0.3 is 0 Å². The molecule has 0 spiro atoms. The van der Waals surface area contributed by atoms with Crippen molar-refractivity contribution in [2.45, 2.75) is 91.0 Å². The number of allylic oxidation sites excluding steroid dienone is 1. The van der Waals surface area contributed by atoms with Crippen LogP contribution in [0.5, 0.6) is 0 Å². The Labute approximate surface area is 289 Å². The Hall–Kier alpha value is -3.71. The van der Waals surface area contributed by atoms with Crippen molar-refractivity contribution < 1.29 is 0 Å². The van der Waals surface area contributed by atoms with Crippen LogP contribution in [0.1, 0.15) is 86.8 Å². The Bertz CT molecular complexity index is 1580. The predicted molar refractivity (Wildman–Crippen MR) is 209 cm³/mol. The van der Waals surface area contributed by atoms with Gasteiger partial charge in [0.1, 0.15) is 0 Å². The molecule has 0 aromatic heterocycles. The van der Waals surface area contributed by atoms with Gasteiger partial charge in [-0.25, -0.2) is 0 Å². The molecule has 1 fully saturated rings. The van der Waals surface area contributed by atoms with E-state index in [0.29, 0.717) is 5.56 Å². The third-order valence-corrected chi connectivity index (χ3v) is 10.7. The minimum atomic E-state index is 0.106. The zero-order valence-corrected chi connectivity index (χ0v) is 30.9. The summed E-state index contributed by atoms with van der Waals surface area (Å²) in [7, 11) is 0.106. The van der Waals surface area contributed by atoms with Gasteiger partial charge in [0.05, 0.1) is 11.6 Å². The van der Waals surface area contributed by atoms with Gasteiger partial charge in [-0.15, -0.1) is 6.58 Å². The average Bonchev–Trinajstić information content (AvgIpc) is 3.09. The van der Waals surface area contributed by atoms with Crippen LogP contribution >= 0.6 is 10.5 Å². The van der Waals surface area contributed by atoms with E-state index in [4.69, 9.17) is 0 Å². The van der Waals surface area contributed by atoms with Gasteiger partial charge in [-0.2, -0.15) is 15.7 Å². The molecule has 0 N–H and O–H groups in total.